The first-order valence-electron chi connectivity index (χ1n) is 4.33. The number of carbonyl (C=O) groups is 2. The minimum absolute atomic E-state index is 0.0403. The molecule has 0 spiro atoms. The molecule has 0 bridgehead atoms. The van der Waals surface area contributed by atoms with E-state index in [4.69, 9.17) is 0 Å². The Morgan fingerprint density at radius 1 is 1.31 bits per heavy atom. The van der Waals surface area contributed by atoms with Crippen LogP contribution in [0.15, 0.2) is 30.3 Å². The smallest absolute Gasteiger partial charge is 0.370 e. The molecule has 0 saturated heterocycles. The molecule has 0 radical (unpaired) electrons. The Kier molecular flexibility index (Phi) is 5.45. The van der Waals surface area contributed by atoms with Crippen molar-refractivity contribution in [3.8, 4) is 0 Å². The van der Waals surface area contributed by atoms with E-state index in [0.717, 1.165) is 12.2 Å². The van der Waals surface area contributed by atoms with E-state index in [0.29, 0.717) is 0 Å². The van der Waals surface area contributed by atoms with Crippen LogP contribution < -0.4 is 0 Å². The third-order valence-electron chi connectivity index (χ3n) is 1.52. The Morgan fingerprint density at radius 2 is 1.75 bits per heavy atom. The second-order valence-electron chi connectivity index (χ2n) is 2.52. The van der Waals surface area contributed by atoms with Crippen molar-refractivity contribution in [3.05, 3.63) is 25.3 Å². The van der Waals surface area contributed by atoms with Gasteiger partial charge in [-0.05, 0) is 0 Å². The average Bonchev–Trinajstić information content (AvgIpc) is 2.28. The third-order valence-corrected chi connectivity index (χ3v) is 1.52. The largest absolute Gasteiger partial charge is 0.398 e. The molecule has 86 valence electrons. The van der Waals surface area contributed by atoms with Crippen LogP contribution in [-0.2, 0) is 23.9 Å². The summed E-state index contributed by atoms with van der Waals surface area (Å²) in [6.45, 7) is 7.83. The number of isocyanates is 1. The fourth-order valence-electron chi connectivity index (χ4n) is 0.757. The number of aliphatic imine (C=N–C) groups is 1. The minimum atomic E-state index is -2.00. The van der Waals surface area contributed by atoms with Crippen LogP contribution >= 0.6 is 0 Å². The number of rotatable bonds is 6. The van der Waals surface area contributed by atoms with Crippen LogP contribution in [0.2, 0.25) is 0 Å². The van der Waals surface area contributed by atoms with E-state index in [1.54, 1.807) is 0 Å². The Bertz CT molecular complexity index is 332. The zero-order valence-electron chi connectivity index (χ0n) is 8.76. The van der Waals surface area contributed by atoms with Gasteiger partial charge in [-0.15, -0.1) is 4.99 Å². The van der Waals surface area contributed by atoms with Crippen molar-refractivity contribution in [1.29, 1.82) is 0 Å². The summed E-state index contributed by atoms with van der Waals surface area (Å²) in [5.74, 6) is -3.76. The van der Waals surface area contributed by atoms with Gasteiger partial charge in [0.15, 0.2) is 0 Å². The van der Waals surface area contributed by atoms with E-state index in [2.05, 4.69) is 27.6 Å². The first-order valence-corrected chi connectivity index (χ1v) is 4.33. The Morgan fingerprint density at radius 3 is 2.00 bits per heavy atom. The molecule has 0 saturated carbocycles. The van der Waals surface area contributed by atoms with Crippen LogP contribution in [0, 0.1) is 0 Å². The van der Waals surface area contributed by atoms with Crippen LogP contribution in [0.5, 0.6) is 0 Å². The highest BCUT2D eigenvalue weighted by Gasteiger charge is 2.36. The molecule has 0 aliphatic heterocycles. The van der Waals surface area contributed by atoms with Crippen LogP contribution in [-0.4, -0.2) is 23.9 Å². The summed E-state index contributed by atoms with van der Waals surface area (Å²) in [4.78, 5) is 35.3. The Labute approximate surface area is 92.3 Å². The predicted molar refractivity (Wildman–Crippen MR) is 53.7 cm³/mol. The van der Waals surface area contributed by atoms with Gasteiger partial charge in [0.25, 0.3) is 0 Å². The van der Waals surface area contributed by atoms with Crippen LogP contribution in [0.1, 0.15) is 13.3 Å². The number of hydrogen-bond donors (Lipinski definition) is 0. The highest BCUT2D eigenvalue weighted by molar-refractivity contribution is 5.83. The molecule has 0 unspecified atom stereocenters. The van der Waals surface area contributed by atoms with E-state index in [9.17, 15) is 14.4 Å². The number of hydrogen-bond acceptors (Lipinski definition) is 6. The van der Waals surface area contributed by atoms with Crippen molar-refractivity contribution < 1.29 is 23.9 Å². The molecule has 16 heavy (non-hydrogen) atoms. The monoisotopic (exact) mass is 225 g/mol. The van der Waals surface area contributed by atoms with Gasteiger partial charge in [0.2, 0.25) is 6.08 Å². The fourth-order valence-corrected chi connectivity index (χ4v) is 0.757. The van der Waals surface area contributed by atoms with Crippen molar-refractivity contribution in [2.45, 2.75) is 19.3 Å². The van der Waals surface area contributed by atoms with Gasteiger partial charge in [0.1, 0.15) is 0 Å². The molecule has 0 heterocycles. The van der Waals surface area contributed by atoms with E-state index in [1.165, 1.54) is 13.0 Å². The molecular weight excluding hydrogens is 214 g/mol. The summed E-state index contributed by atoms with van der Waals surface area (Å²) >= 11 is 0. The second-order valence-corrected chi connectivity index (χ2v) is 2.52. The van der Waals surface area contributed by atoms with Crippen molar-refractivity contribution in [2.24, 2.45) is 4.99 Å². The van der Waals surface area contributed by atoms with E-state index in [-0.39, 0.29) is 6.42 Å². The lowest BCUT2D eigenvalue weighted by Crippen LogP contribution is -2.37. The Balaban J connectivity index is 5.04. The SMILES string of the molecule is C=CC(=O)OC(CC)(N=C=O)OC(=O)C=C. The summed E-state index contributed by atoms with van der Waals surface area (Å²) < 4.78 is 9.34. The lowest BCUT2D eigenvalue weighted by molar-refractivity contribution is -0.220. The lowest BCUT2D eigenvalue weighted by Gasteiger charge is -2.24. The van der Waals surface area contributed by atoms with Crippen molar-refractivity contribution in [1.82, 2.24) is 0 Å². The lowest BCUT2D eigenvalue weighted by atomic mass is 10.3. The van der Waals surface area contributed by atoms with Gasteiger partial charge >= 0.3 is 17.8 Å². The molecule has 0 aromatic rings. The summed E-state index contributed by atoms with van der Waals surface area (Å²) in [7, 11) is 0. The first-order chi connectivity index (χ1) is 7.53. The van der Waals surface area contributed by atoms with Crippen molar-refractivity contribution in [2.75, 3.05) is 0 Å². The first kappa shape index (κ1) is 13.8. The summed E-state index contributed by atoms with van der Waals surface area (Å²) in [5.41, 5.74) is 0. The van der Waals surface area contributed by atoms with Gasteiger partial charge in [-0.2, -0.15) is 0 Å². The number of nitrogens with zero attached hydrogens (tertiary/aromatic N) is 1. The standard InChI is InChI=1S/C10H11NO5/c1-4-8(13)15-10(6-3,11-7-12)16-9(14)5-2/h4-5H,1-2,6H2,3H3. The van der Waals surface area contributed by atoms with Crippen LogP contribution in [0.4, 0.5) is 0 Å². The molecule has 0 fully saturated rings. The quantitative estimate of drug-likeness (QED) is 0.220. The Hall–Kier alpha value is -2.20. The molecule has 0 N–H and O–H groups in total. The van der Waals surface area contributed by atoms with E-state index in [1.807, 2.05) is 0 Å². The molecule has 6 heteroatoms. The normalized spacial score (nSPS) is 9.56. The van der Waals surface area contributed by atoms with E-state index < -0.39 is 17.8 Å². The molecule has 0 aliphatic rings. The highest BCUT2D eigenvalue weighted by atomic mass is 16.7. The predicted octanol–water partition coefficient (Wildman–Crippen LogP) is 0.844. The van der Waals surface area contributed by atoms with Gasteiger partial charge in [0.05, 0.1) is 0 Å². The van der Waals surface area contributed by atoms with Gasteiger partial charge in [-0.1, -0.05) is 20.1 Å². The van der Waals surface area contributed by atoms with Gasteiger partial charge in [-0.25, -0.2) is 14.4 Å². The van der Waals surface area contributed by atoms with Crippen molar-refractivity contribution >= 4 is 18.0 Å². The average molecular weight is 225 g/mol. The maximum absolute atomic E-state index is 11.0. The fraction of sp³-hybridized carbons (Fsp3) is 0.300. The minimum Gasteiger partial charge on any atom is -0.398 e. The maximum atomic E-state index is 11.0. The zero-order chi connectivity index (χ0) is 12.6. The molecule has 0 aromatic carbocycles. The van der Waals surface area contributed by atoms with Crippen LogP contribution in [0.3, 0.4) is 0 Å². The highest BCUT2D eigenvalue weighted by Crippen LogP contribution is 2.20. The molecule has 0 amide bonds. The number of esters is 2. The number of carbonyl (C=O) groups excluding carboxylic acids is 3. The van der Waals surface area contributed by atoms with Gasteiger partial charge in [0, 0.05) is 18.6 Å². The molecule has 0 atom stereocenters. The molecule has 0 aliphatic carbocycles. The van der Waals surface area contributed by atoms with Gasteiger partial charge in [-0.3, -0.25) is 0 Å². The summed E-state index contributed by atoms with van der Waals surface area (Å²) in [6, 6.07) is 0. The van der Waals surface area contributed by atoms with Crippen LogP contribution in [0.25, 0.3) is 0 Å². The second kappa shape index (κ2) is 6.31. The molecule has 0 aromatic heterocycles. The maximum Gasteiger partial charge on any atom is 0.370 e. The van der Waals surface area contributed by atoms with Gasteiger partial charge < -0.3 is 9.47 Å². The zero-order valence-corrected chi connectivity index (χ0v) is 8.76. The van der Waals surface area contributed by atoms with Crippen molar-refractivity contribution in [3.63, 3.8) is 0 Å². The molecule has 6 nitrogen and oxygen atoms in total. The molecule has 0 rings (SSSR count). The summed E-state index contributed by atoms with van der Waals surface area (Å²) in [6.07, 6.45) is 2.84. The topological polar surface area (TPSA) is 82.0 Å². The molecular formula is C10H11NO5. The van der Waals surface area contributed by atoms with E-state index >= 15 is 0 Å². The summed E-state index contributed by atoms with van der Waals surface area (Å²) in [5, 5.41) is 0. The third kappa shape index (κ3) is 3.89. The number of ether oxygens (including phenoxy) is 2.